The Bertz CT molecular complexity index is 278. The number of ether oxygens (including phenoxy) is 1. The normalized spacial score (nSPS) is 17.3. The van der Waals surface area contributed by atoms with E-state index in [1.807, 2.05) is 0 Å². The van der Waals surface area contributed by atoms with Crippen molar-refractivity contribution in [2.45, 2.75) is 12.6 Å². The zero-order valence-corrected chi connectivity index (χ0v) is 9.84. The van der Waals surface area contributed by atoms with Gasteiger partial charge < -0.3 is 9.64 Å². The van der Waals surface area contributed by atoms with E-state index in [9.17, 15) is 18.0 Å². The van der Waals surface area contributed by atoms with Crippen LogP contribution in [0.5, 0.6) is 0 Å². The molecule has 0 radical (unpaired) electrons. The fourth-order valence-electron chi connectivity index (χ4n) is 1.05. The first-order chi connectivity index (χ1) is 6.88. The van der Waals surface area contributed by atoms with Crippen molar-refractivity contribution >= 4 is 28.7 Å². The molecule has 86 valence electrons. The van der Waals surface area contributed by atoms with Crippen molar-refractivity contribution in [1.29, 1.82) is 0 Å². The summed E-state index contributed by atoms with van der Waals surface area (Å²) in [6.07, 6.45) is -2.91. The average molecular weight is 335 g/mol. The van der Waals surface area contributed by atoms with Crippen molar-refractivity contribution < 1.29 is 22.7 Å². The molecule has 15 heavy (non-hydrogen) atoms. The van der Waals surface area contributed by atoms with Gasteiger partial charge in [-0.1, -0.05) is 6.08 Å². The first-order valence-corrected chi connectivity index (χ1v) is 5.29. The van der Waals surface area contributed by atoms with Crippen LogP contribution in [0.15, 0.2) is 9.66 Å². The highest BCUT2D eigenvalue weighted by atomic mass is 127. The number of alkyl halides is 3. The van der Waals surface area contributed by atoms with Crippen molar-refractivity contribution in [3.05, 3.63) is 9.66 Å². The van der Waals surface area contributed by atoms with E-state index >= 15 is 0 Å². The highest BCUT2D eigenvalue weighted by Crippen LogP contribution is 2.19. The maximum Gasteiger partial charge on any atom is 0.422 e. The third-order valence-electron chi connectivity index (χ3n) is 1.77. The summed E-state index contributed by atoms with van der Waals surface area (Å²) in [5.74, 6) is 0. The molecule has 0 bridgehead atoms. The van der Waals surface area contributed by atoms with Gasteiger partial charge in [0.05, 0.1) is 0 Å². The monoisotopic (exact) mass is 335 g/mol. The summed E-state index contributed by atoms with van der Waals surface area (Å²) in [5.41, 5.74) is 0. The maximum atomic E-state index is 11.7. The van der Waals surface area contributed by atoms with Crippen molar-refractivity contribution in [2.75, 3.05) is 19.7 Å². The molecule has 7 heteroatoms. The molecule has 0 aromatic heterocycles. The molecule has 0 saturated carbocycles. The molecule has 0 fully saturated rings. The van der Waals surface area contributed by atoms with Crippen LogP contribution in [-0.4, -0.2) is 36.9 Å². The number of hydrogen-bond donors (Lipinski definition) is 0. The molecule has 1 aliphatic rings. The Kier molecular flexibility index (Phi) is 4.23. The summed E-state index contributed by atoms with van der Waals surface area (Å²) >= 11 is 2.13. The molecule has 0 aromatic rings. The number of hydrogen-bond acceptors (Lipinski definition) is 2. The van der Waals surface area contributed by atoms with Gasteiger partial charge in [-0.25, -0.2) is 4.79 Å². The van der Waals surface area contributed by atoms with Crippen LogP contribution >= 0.6 is 22.6 Å². The minimum absolute atomic E-state index is 0.314. The van der Waals surface area contributed by atoms with E-state index < -0.39 is 18.9 Å². The Labute approximate surface area is 98.4 Å². The van der Waals surface area contributed by atoms with Gasteiger partial charge in [-0.2, -0.15) is 13.2 Å². The number of rotatable bonds is 1. The van der Waals surface area contributed by atoms with Crippen LogP contribution in [-0.2, 0) is 4.74 Å². The van der Waals surface area contributed by atoms with Gasteiger partial charge in [0.2, 0.25) is 0 Å². The molecule has 1 aliphatic heterocycles. The minimum atomic E-state index is -4.46. The van der Waals surface area contributed by atoms with Gasteiger partial charge in [-0.15, -0.1) is 0 Å². The van der Waals surface area contributed by atoms with Gasteiger partial charge in [0.15, 0.2) is 6.61 Å². The quantitative estimate of drug-likeness (QED) is 0.690. The second-order valence-electron chi connectivity index (χ2n) is 3.02. The van der Waals surface area contributed by atoms with Crippen LogP contribution in [0.25, 0.3) is 0 Å². The number of carbonyl (C=O) groups excluding carboxylic acids is 1. The standard InChI is InChI=1S/C8H9F3INO2/c9-8(10,11)5-15-7(14)13-3-1-6(12)2-4-13/h1H,2-5H2. The molecule has 0 aliphatic carbocycles. The van der Waals surface area contributed by atoms with Gasteiger partial charge in [0, 0.05) is 13.1 Å². The molecule has 1 rings (SSSR count). The van der Waals surface area contributed by atoms with Crippen LogP contribution in [0, 0.1) is 0 Å². The van der Waals surface area contributed by atoms with E-state index in [-0.39, 0.29) is 0 Å². The third-order valence-corrected chi connectivity index (χ3v) is 2.75. The molecular formula is C8H9F3INO2. The van der Waals surface area contributed by atoms with Crippen molar-refractivity contribution in [1.82, 2.24) is 4.90 Å². The lowest BCUT2D eigenvalue weighted by Crippen LogP contribution is -2.36. The second-order valence-corrected chi connectivity index (χ2v) is 4.40. The highest BCUT2D eigenvalue weighted by Gasteiger charge is 2.30. The zero-order valence-electron chi connectivity index (χ0n) is 7.68. The van der Waals surface area contributed by atoms with Gasteiger partial charge in [-0.3, -0.25) is 0 Å². The first kappa shape index (κ1) is 12.6. The van der Waals surface area contributed by atoms with Gasteiger partial charge in [0.1, 0.15) is 0 Å². The SMILES string of the molecule is O=C(OCC(F)(F)F)N1CC=C(I)CC1. The van der Waals surface area contributed by atoms with Gasteiger partial charge >= 0.3 is 12.3 Å². The van der Waals surface area contributed by atoms with Crippen LogP contribution < -0.4 is 0 Å². The molecular weight excluding hydrogens is 326 g/mol. The number of nitrogens with zero attached hydrogens (tertiary/aromatic N) is 1. The van der Waals surface area contributed by atoms with Crippen LogP contribution in [0.4, 0.5) is 18.0 Å². The predicted molar refractivity (Wildman–Crippen MR) is 55.7 cm³/mol. The summed E-state index contributed by atoms with van der Waals surface area (Å²) in [6, 6.07) is 0. The smallest absolute Gasteiger partial charge is 0.422 e. The van der Waals surface area contributed by atoms with Gasteiger partial charge in [-0.05, 0) is 32.6 Å². The fraction of sp³-hybridized carbons (Fsp3) is 0.625. The average Bonchev–Trinajstić information content (AvgIpc) is 2.14. The largest absolute Gasteiger partial charge is 0.440 e. The Morgan fingerprint density at radius 1 is 1.60 bits per heavy atom. The number of halogens is 4. The van der Waals surface area contributed by atoms with Crippen LogP contribution in [0.1, 0.15) is 6.42 Å². The minimum Gasteiger partial charge on any atom is -0.440 e. The van der Waals surface area contributed by atoms with Crippen LogP contribution in [0.2, 0.25) is 0 Å². The van der Waals surface area contributed by atoms with Crippen molar-refractivity contribution in [3.8, 4) is 0 Å². The van der Waals surface area contributed by atoms with E-state index in [0.717, 1.165) is 3.58 Å². The zero-order chi connectivity index (χ0) is 11.5. The lowest BCUT2D eigenvalue weighted by atomic mass is 10.3. The Morgan fingerprint density at radius 2 is 2.27 bits per heavy atom. The topological polar surface area (TPSA) is 29.5 Å². The lowest BCUT2D eigenvalue weighted by Gasteiger charge is -2.24. The maximum absolute atomic E-state index is 11.7. The lowest BCUT2D eigenvalue weighted by molar-refractivity contribution is -0.162. The van der Waals surface area contributed by atoms with E-state index in [1.165, 1.54) is 4.90 Å². The Morgan fingerprint density at radius 3 is 2.73 bits per heavy atom. The van der Waals surface area contributed by atoms with Crippen molar-refractivity contribution in [2.24, 2.45) is 0 Å². The van der Waals surface area contributed by atoms with E-state index in [4.69, 9.17) is 0 Å². The Balaban J connectivity index is 2.36. The molecule has 0 aromatic carbocycles. The molecule has 1 heterocycles. The molecule has 0 atom stereocenters. The highest BCUT2D eigenvalue weighted by molar-refractivity contribution is 14.1. The van der Waals surface area contributed by atoms with Crippen LogP contribution in [0.3, 0.4) is 0 Å². The molecule has 0 saturated heterocycles. The Hall–Kier alpha value is -0.470. The van der Waals surface area contributed by atoms with Gasteiger partial charge in [0.25, 0.3) is 0 Å². The molecule has 3 nitrogen and oxygen atoms in total. The summed E-state index contributed by atoms with van der Waals surface area (Å²) < 4.78 is 40.4. The molecule has 1 amide bonds. The fourth-order valence-corrected chi connectivity index (χ4v) is 1.48. The second kappa shape index (κ2) is 5.04. The third kappa shape index (κ3) is 4.72. The summed E-state index contributed by atoms with van der Waals surface area (Å²) in [6.45, 7) is -0.802. The summed E-state index contributed by atoms with van der Waals surface area (Å²) in [5, 5.41) is 0. The van der Waals surface area contributed by atoms with E-state index in [2.05, 4.69) is 27.3 Å². The first-order valence-electron chi connectivity index (χ1n) is 4.21. The molecule has 0 unspecified atom stereocenters. The number of carbonyl (C=O) groups is 1. The molecule has 0 N–H and O–H groups in total. The number of amides is 1. The van der Waals surface area contributed by atoms with Crippen molar-refractivity contribution in [3.63, 3.8) is 0 Å². The summed E-state index contributed by atoms with van der Waals surface area (Å²) in [7, 11) is 0. The molecule has 0 spiro atoms. The predicted octanol–water partition coefficient (Wildman–Crippen LogP) is 2.71. The van der Waals surface area contributed by atoms with E-state index in [0.29, 0.717) is 19.5 Å². The summed E-state index contributed by atoms with van der Waals surface area (Å²) in [4.78, 5) is 12.4. The van der Waals surface area contributed by atoms with E-state index in [1.54, 1.807) is 6.08 Å².